The lowest BCUT2D eigenvalue weighted by Crippen LogP contribution is -2.31. The predicted octanol–water partition coefficient (Wildman–Crippen LogP) is 2.58. The summed E-state index contributed by atoms with van der Waals surface area (Å²) in [6.45, 7) is 5.58. The molecule has 0 aliphatic carbocycles. The Bertz CT molecular complexity index is 921. The van der Waals surface area contributed by atoms with Gasteiger partial charge in [-0.15, -0.1) is 0 Å². The van der Waals surface area contributed by atoms with E-state index in [1.807, 2.05) is 25.1 Å². The summed E-state index contributed by atoms with van der Waals surface area (Å²) in [6, 6.07) is 14.8. The molecule has 1 fully saturated rings. The van der Waals surface area contributed by atoms with Crippen LogP contribution in [0.15, 0.2) is 53.4 Å². The van der Waals surface area contributed by atoms with Crippen molar-refractivity contribution in [1.29, 1.82) is 0 Å². The van der Waals surface area contributed by atoms with Crippen LogP contribution in [0.1, 0.15) is 36.0 Å². The first kappa shape index (κ1) is 21.5. The number of likely N-dealkylation sites (tertiary alicyclic amines) is 1. The third-order valence-corrected chi connectivity index (χ3v) is 6.64. The zero-order valence-electron chi connectivity index (χ0n) is 16.9. The largest absolute Gasteiger partial charge is 0.352 e. The van der Waals surface area contributed by atoms with Crippen molar-refractivity contribution in [2.75, 3.05) is 19.6 Å². The molecule has 1 saturated heterocycles. The molecule has 0 radical (unpaired) electrons. The first-order valence-electron chi connectivity index (χ1n) is 10.1. The highest BCUT2D eigenvalue weighted by Gasteiger charge is 2.15. The Morgan fingerprint density at radius 1 is 1.00 bits per heavy atom. The number of aryl methyl sites for hydroxylation is 1. The van der Waals surface area contributed by atoms with Crippen LogP contribution < -0.4 is 10.0 Å². The molecule has 0 bridgehead atoms. The van der Waals surface area contributed by atoms with Crippen molar-refractivity contribution < 1.29 is 13.2 Å². The molecule has 0 atom stereocenters. The molecule has 1 heterocycles. The third-order valence-electron chi connectivity index (χ3n) is 5.16. The Morgan fingerprint density at radius 2 is 1.66 bits per heavy atom. The second kappa shape index (κ2) is 10.0. The van der Waals surface area contributed by atoms with Crippen molar-refractivity contribution in [2.24, 2.45) is 0 Å². The molecule has 1 amide bonds. The number of nitrogens with one attached hydrogen (secondary N) is 2. The van der Waals surface area contributed by atoms with Gasteiger partial charge in [0.1, 0.15) is 0 Å². The fraction of sp³-hybridized carbons (Fsp3) is 0.409. The molecule has 156 valence electrons. The lowest BCUT2D eigenvalue weighted by molar-refractivity contribution is -0.121. The topological polar surface area (TPSA) is 78.5 Å². The molecule has 0 unspecified atom stereocenters. The van der Waals surface area contributed by atoms with Crippen molar-refractivity contribution in [3.8, 4) is 0 Å². The molecule has 3 rings (SSSR count). The summed E-state index contributed by atoms with van der Waals surface area (Å²) < 4.78 is 27.0. The summed E-state index contributed by atoms with van der Waals surface area (Å²) in [7, 11) is -3.60. The Balaban J connectivity index is 1.46. The summed E-state index contributed by atoms with van der Waals surface area (Å²) in [6.07, 6.45) is 2.59. The van der Waals surface area contributed by atoms with Crippen LogP contribution in [0.4, 0.5) is 0 Å². The average Bonchev–Trinajstić information content (AvgIpc) is 3.20. The van der Waals surface area contributed by atoms with Gasteiger partial charge in [0.25, 0.3) is 0 Å². The molecule has 1 aliphatic rings. The average molecular weight is 416 g/mol. The van der Waals surface area contributed by atoms with Gasteiger partial charge >= 0.3 is 0 Å². The molecule has 0 aromatic heterocycles. The standard InChI is InChI=1S/C22H29N3O3S/c1-18-8-10-21(11-9-18)29(27,28)24-13-12-22(26)23-16-19-6-2-3-7-20(19)17-25-14-4-5-15-25/h2-3,6-11,24H,4-5,12-17H2,1H3,(H,23,26). The molecule has 7 heteroatoms. The van der Waals surface area contributed by atoms with E-state index in [0.29, 0.717) is 6.54 Å². The van der Waals surface area contributed by atoms with E-state index in [1.54, 1.807) is 24.3 Å². The third kappa shape index (κ3) is 6.39. The van der Waals surface area contributed by atoms with Crippen LogP contribution in [0.3, 0.4) is 0 Å². The summed E-state index contributed by atoms with van der Waals surface area (Å²) in [5, 5.41) is 2.91. The number of hydrogen-bond acceptors (Lipinski definition) is 4. The van der Waals surface area contributed by atoms with Crippen LogP contribution in [0.25, 0.3) is 0 Å². The Kier molecular flexibility index (Phi) is 7.41. The smallest absolute Gasteiger partial charge is 0.240 e. The minimum absolute atomic E-state index is 0.0669. The van der Waals surface area contributed by atoms with E-state index in [9.17, 15) is 13.2 Å². The molecular weight excluding hydrogens is 386 g/mol. The quantitative estimate of drug-likeness (QED) is 0.660. The van der Waals surface area contributed by atoms with E-state index >= 15 is 0 Å². The molecule has 2 N–H and O–H groups in total. The fourth-order valence-corrected chi connectivity index (χ4v) is 4.48. The molecule has 29 heavy (non-hydrogen) atoms. The SMILES string of the molecule is Cc1ccc(S(=O)(=O)NCCC(=O)NCc2ccccc2CN2CCCC2)cc1. The summed E-state index contributed by atoms with van der Waals surface area (Å²) >= 11 is 0. The van der Waals surface area contributed by atoms with Crippen LogP contribution in [-0.4, -0.2) is 38.9 Å². The number of hydrogen-bond donors (Lipinski definition) is 2. The maximum Gasteiger partial charge on any atom is 0.240 e. The molecule has 0 saturated carbocycles. The second-order valence-electron chi connectivity index (χ2n) is 7.49. The molecule has 6 nitrogen and oxygen atoms in total. The van der Waals surface area contributed by atoms with Crippen LogP contribution in [0.5, 0.6) is 0 Å². The highest BCUT2D eigenvalue weighted by atomic mass is 32.2. The molecule has 2 aromatic carbocycles. The molecular formula is C22H29N3O3S. The van der Waals surface area contributed by atoms with Gasteiger partial charge in [0.2, 0.25) is 15.9 Å². The number of nitrogens with zero attached hydrogens (tertiary/aromatic N) is 1. The normalized spacial score (nSPS) is 14.8. The summed E-state index contributed by atoms with van der Waals surface area (Å²) in [5.41, 5.74) is 3.33. The lowest BCUT2D eigenvalue weighted by Gasteiger charge is -2.17. The van der Waals surface area contributed by atoms with Crippen LogP contribution in [-0.2, 0) is 27.9 Å². The van der Waals surface area contributed by atoms with Gasteiger partial charge in [0.05, 0.1) is 4.90 Å². The second-order valence-corrected chi connectivity index (χ2v) is 9.26. The van der Waals surface area contributed by atoms with Gasteiger partial charge in [0, 0.05) is 26.1 Å². The van der Waals surface area contributed by atoms with Crippen LogP contribution in [0, 0.1) is 6.92 Å². The van der Waals surface area contributed by atoms with Gasteiger partial charge in [-0.2, -0.15) is 0 Å². The van der Waals surface area contributed by atoms with Crippen molar-refractivity contribution in [3.05, 3.63) is 65.2 Å². The molecule has 2 aromatic rings. The first-order chi connectivity index (χ1) is 13.9. The Morgan fingerprint density at radius 3 is 2.34 bits per heavy atom. The van der Waals surface area contributed by atoms with E-state index in [-0.39, 0.29) is 23.8 Å². The zero-order valence-corrected chi connectivity index (χ0v) is 17.7. The van der Waals surface area contributed by atoms with E-state index in [4.69, 9.17) is 0 Å². The minimum atomic E-state index is -3.60. The van der Waals surface area contributed by atoms with E-state index in [1.165, 1.54) is 18.4 Å². The van der Waals surface area contributed by atoms with Gasteiger partial charge in [-0.1, -0.05) is 42.0 Å². The lowest BCUT2D eigenvalue weighted by atomic mass is 10.1. The van der Waals surface area contributed by atoms with E-state index in [0.717, 1.165) is 30.8 Å². The molecule has 0 spiro atoms. The monoisotopic (exact) mass is 415 g/mol. The van der Waals surface area contributed by atoms with E-state index in [2.05, 4.69) is 21.0 Å². The highest BCUT2D eigenvalue weighted by molar-refractivity contribution is 7.89. The van der Waals surface area contributed by atoms with Gasteiger partial charge < -0.3 is 5.32 Å². The van der Waals surface area contributed by atoms with Gasteiger partial charge in [0.15, 0.2) is 0 Å². The summed E-state index contributed by atoms with van der Waals surface area (Å²) in [5.74, 6) is -0.174. The van der Waals surface area contributed by atoms with E-state index < -0.39 is 10.0 Å². The summed E-state index contributed by atoms with van der Waals surface area (Å²) in [4.78, 5) is 14.8. The van der Waals surface area contributed by atoms with Crippen molar-refractivity contribution in [2.45, 2.75) is 44.2 Å². The number of carbonyl (C=O) groups excluding carboxylic acids is 1. The first-order valence-corrected chi connectivity index (χ1v) is 11.5. The van der Waals surface area contributed by atoms with Crippen molar-refractivity contribution >= 4 is 15.9 Å². The Hall–Kier alpha value is -2.22. The minimum Gasteiger partial charge on any atom is -0.352 e. The fourth-order valence-electron chi connectivity index (χ4n) is 3.45. The van der Waals surface area contributed by atoms with Crippen LogP contribution >= 0.6 is 0 Å². The van der Waals surface area contributed by atoms with Crippen molar-refractivity contribution in [3.63, 3.8) is 0 Å². The predicted molar refractivity (Wildman–Crippen MR) is 114 cm³/mol. The van der Waals surface area contributed by atoms with Gasteiger partial charge in [-0.3, -0.25) is 9.69 Å². The number of benzene rings is 2. The van der Waals surface area contributed by atoms with Gasteiger partial charge in [-0.25, -0.2) is 13.1 Å². The highest BCUT2D eigenvalue weighted by Crippen LogP contribution is 2.16. The maximum absolute atomic E-state index is 12.3. The van der Waals surface area contributed by atoms with Gasteiger partial charge in [-0.05, 0) is 56.1 Å². The number of rotatable bonds is 9. The number of amides is 1. The Labute approximate surface area is 173 Å². The molecule has 1 aliphatic heterocycles. The maximum atomic E-state index is 12.3. The van der Waals surface area contributed by atoms with Crippen LogP contribution in [0.2, 0.25) is 0 Å². The zero-order chi connectivity index (χ0) is 20.7. The van der Waals surface area contributed by atoms with Crippen molar-refractivity contribution in [1.82, 2.24) is 14.9 Å². The number of sulfonamides is 1. The number of carbonyl (C=O) groups is 1.